The van der Waals surface area contributed by atoms with E-state index in [9.17, 15) is 9.59 Å². The van der Waals surface area contributed by atoms with E-state index in [1.807, 2.05) is 6.92 Å². The van der Waals surface area contributed by atoms with Crippen LogP contribution < -0.4 is 0 Å². The van der Waals surface area contributed by atoms with Crippen LogP contribution >= 0.6 is 23.2 Å². The number of amides is 2. The van der Waals surface area contributed by atoms with Crippen molar-refractivity contribution in [3.05, 3.63) is 45.5 Å². The Bertz CT molecular complexity index is 847. The third-order valence-electron chi connectivity index (χ3n) is 4.64. The van der Waals surface area contributed by atoms with Gasteiger partial charge in [-0.15, -0.1) is 0 Å². The summed E-state index contributed by atoms with van der Waals surface area (Å²) < 4.78 is 5.17. The predicted molar refractivity (Wildman–Crippen MR) is 106 cm³/mol. The van der Waals surface area contributed by atoms with Gasteiger partial charge in [0.2, 0.25) is 11.8 Å². The zero-order chi connectivity index (χ0) is 20.1. The van der Waals surface area contributed by atoms with Gasteiger partial charge < -0.3 is 14.3 Å². The summed E-state index contributed by atoms with van der Waals surface area (Å²) >= 11 is 12.1. The Morgan fingerprint density at radius 1 is 1.11 bits per heavy atom. The molecule has 2 amide bonds. The lowest BCUT2D eigenvalue weighted by Gasteiger charge is -2.35. The molecule has 3 rings (SSSR count). The van der Waals surface area contributed by atoms with E-state index in [0.717, 1.165) is 12.8 Å². The van der Waals surface area contributed by atoms with Crippen LogP contribution in [0.2, 0.25) is 10.0 Å². The van der Waals surface area contributed by atoms with Crippen LogP contribution in [0.15, 0.2) is 22.7 Å². The van der Waals surface area contributed by atoms with Gasteiger partial charge in [0.15, 0.2) is 5.82 Å². The normalized spacial score (nSPS) is 14.4. The molecular weight excluding hydrogens is 403 g/mol. The highest BCUT2D eigenvalue weighted by Gasteiger charge is 2.26. The molecule has 1 aliphatic rings. The lowest BCUT2D eigenvalue weighted by Crippen LogP contribution is -2.50. The SMILES string of the molecule is CCCc1noc(CCC(=O)N2CCN(C(=O)c3cccc(Cl)c3Cl)CC2)n1. The molecule has 7 nitrogen and oxygen atoms in total. The average molecular weight is 425 g/mol. The van der Waals surface area contributed by atoms with Gasteiger partial charge in [-0.1, -0.05) is 41.3 Å². The number of halogens is 2. The molecule has 0 aliphatic carbocycles. The minimum Gasteiger partial charge on any atom is -0.339 e. The van der Waals surface area contributed by atoms with Gasteiger partial charge in [-0.05, 0) is 18.6 Å². The summed E-state index contributed by atoms with van der Waals surface area (Å²) in [5.41, 5.74) is 0.383. The predicted octanol–water partition coefficient (Wildman–Crippen LogP) is 3.25. The zero-order valence-electron chi connectivity index (χ0n) is 15.7. The number of hydrogen-bond acceptors (Lipinski definition) is 5. The summed E-state index contributed by atoms with van der Waals surface area (Å²) in [6.07, 6.45) is 2.44. The number of carbonyl (C=O) groups is 2. The van der Waals surface area contributed by atoms with Gasteiger partial charge in [0.25, 0.3) is 5.91 Å². The molecule has 28 heavy (non-hydrogen) atoms. The molecule has 2 heterocycles. The fourth-order valence-corrected chi connectivity index (χ4v) is 3.47. The van der Waals surface area contributed by atoms with Crippen LogP contribution in [0.1, 0.15) is 41.8 Å². The monoisotopic (exact) mass is 424 g/mol. The van der Waals surface area contributed by atoms with Crippen LogP contribution in [0, 0.1) is 0 Å². The second-order valence-corrected chi connectivity index (χ2v) is 7.41. The molecular formula is C19H22Cl2N4O3. The largest absolute Gasteiger partial charge is 0.339 e. The first-order valence-corrected chi connectivity index (χ1v) is 10.1. The van der Waals surface area contributed by atoms with Crippen LogP contribution in [0.4, 0.5) is 0 Å². The Kier molecular flexibility index (Phi) is 6.91. The first-order valence-electron chi connectivity index (χ1n) is 9.32. The highest BCUT2D eigenvalue weighted by Crippen LogP contribution is 2.26. The molecule has 0 radical (unpaired) electrons. The smallest absolute Gasteiger partial charge is 0.255 e. The van der Waals surface area contributed by atoms with Gasteiger partial charge in [-0.25, -0.2) is 0 Å². The summed E-state index contributed by atoms with van der Waals surface area (Å²) in [4.78, 5) is 32.8. The molecule has 150 valence electrons. The first-order chi connectivity index (χ1) is 13.5. The third kappa shape index (κ3) is 4.83. The average Bonchev–Trinajstić information content (AvgIpc) is 3.15. The van der Waals surface area contributed by atoms with E-state index in [2.05, 4.69) is 10.1 Å². The van der Waals surface area contributed by atoms with Crippen molar-refractivity contribution in [2.45, 2.75) is 32.6 Å². The molecule has 0 unspecified atom stereocenters. The molecule has 0 atom stereocenters. The highest BCUT2D eigenvalue weighted by molar-refractivity contribution is 6.43. The van der Waals surface area contributed by atoms with Gasteiger partial charge in [0.05, 0.1) is 15.6 Å². The molecule has 2 aromatic rings. The standard InChI is InChI=1S/C19H22Cl2N4O3/c1-2-4-15-22-16(28-23-15)7-8-17(26)24-9-11-25(12-10-24)19(27)13-5-3-6-14(20)18(13)21/h3,5-6H,2,4,7-12H2,1H3. The molecule has 1 aromatic heterocycles. The molecule has 1 aliphatic heterocycles. The zero-order valence-corrected chi connectivity index (χ0v) is 17.2. The van der Waals surface area contributed by atoms with Crippen molar-refractivity contribution >= 4 is 35.0 Å². The minimum absolute atomic E-state index is 0.0168. The Balaban J connectivity index is 1.49. The molecule has 0 spiro atoms. The number of benzene rings is 1. The second kappa shape index (κ2) is 9.39. The van der Waals surface area contributed by atoms with E-state index in [0.29, 0.717) is 61.3 Å². The van der Waals surface area contributed by atoms with Crippen LogP contribution in [0.3, 0.4) is 0 Å². The number of hydrogen-bond donors (Lipinski definition) is 0. The summed E-state index contributed by atoms with van der Waals surface area (Å²) in [6.45, 7) is 3.91. The lowest BCUT2D eigenvalue weighted by atomic mass is 10.1. The van der Waals surface area contributed by atoms with E-state index < -0.39 is 0 Å². The fraction of sp³-hybridized carbons (Fsp3) is 0.474. The summed E-state index contributed by atoms with van der Waals surface area (Å²) in [7, 11) is 0. The highest BCUT2D eigenvalue weighted by atomic mass is 35.5. The van der Waals surface area contributed by atoms with Crippen molar-refractivity contribution in [1.29, 1.82) is 0 Å². The van der Waals surface area contributed by atoms with E-state index in [1.54, 1.807) is 28.0 Å². The number of aromatic nitrogens is 2. The van der Waals surface area contributed by atoms with Crippen molar-refractivity contribution in [2.24, 2.45) is 0 Å². The molecule has 9 heteroatoms. The molecule has 0 saturated carbocycles. The molecule has 0 N–H and O–H groups in total. The van der Waals surface area contributed by atoms with E-state index >= 15 is 0 Å². The maximum absolute atomic E-state index is 12.7. The van der Waals surface area contributed by atoms with E-state index in [1.165, 1.54) is 0 Å². The van der Waals surface area contributed by atoms with E-state index in [4.69, 9.17) is 27.7 Å². The number of piperazine rings is 1. The van der Waals surface area contributed by atoms with Crippen LogP contribution in [0.5, 0.6) is 0 Å². The Labute approximate surface area is 173 Å². The number of aryl methyl sites for hydroxylation is 2. The third-order valence-corrected chi connectivity index (χ3v) is 5.46. The Hall–Kier alpha value is -2.12. The maximum atomic E-state index is 12.7. The molecule has 1 saturated heterocycles. The first kappa shape index (κ1) is 20.6. The van der Waals surface area contributed by atoms with Crippen LogP contribution in [0.25, 0.3) is 0 Å². The summed E-state index contributed by atoms with van der Waals surface area (Å²) in [6, 6.07) is 5.00. The van der Waals surface area contributed by atoms with Gasteiger partial charge in [-0.3, -0.25) is 9.59 Å². The number of nitrogens with zero attached hydrogens (tertiary/aromatic N) is 4. The minimum atomic E-state index is -0.172. The number of carbonyl (C=O) groups excluding carboxylic acids is 2. The summed E-state index contributed by atoms with van der Waals surface area (Å²) in [5.74, 6) is 1.01. The van der Waals surface area contributed by atoms with Crippen molar-refractivity contribution < 1.29 is 14.1 Å². The Morgan fingerprint density at radius 2 is 1.82 bits per heavy atom. The molecule has 1 fully saturated rings. The van der Waals surface area contributed by atoms with E-state index in [-0.39, 0.29) is 16.8 Å². The summed E-state index contributed by atoms with van der Waals surface area (Å²) in [5, 5.41) is 4.50. The second-order valence-electron chi connectivity index (χ2n) is 6.63. The molecule has 1 aromatic carbocycles. The van der Waals surface area contributed by atoms with Crippen LogP contribution in [-0.2, 0) is 17.6 Å². The van der Waals surface area contributed by atoms with Gasteiger partial charge in [0, 0.05) is 45.4 Å². The quantitative estimate of drug-likeness (QED) is 0.710. The Morgan fingerprint density at radius 3 is 2.54 bits per heavy atom. The number of rotatable bonds is 6. The molecule has 0 bridgehead atoms. The van der Waals surface area contributed by atoms with Gasteiger partial charge in [0.1, 0.15) is 0 Å². The van der Waals surface area contributed by atoms with Crippen molar-refractivity contribution in [1.82, 2.24) is 19.9 Å². The topological polar surface area (TPSA) is 79.5 Å². The van der Waals surface area contributed by atoms with Crippen molar-refractivity contribution in [3.8, 4) is 0 Å². The van der Waals surface area contributed by atoms with Crippen LogP contribution in [-0.4, -0.2) is 57.9 Å². The fourth-order valence-electron chi connectivity index (χ4n) is 3.09. The van der Waals surface area contributed by atoms with Gasteiger partial charge in [-0.2, -0.15) is 4.98 Å². The van der Waals surface area contributed by atoms with Crippen molar-refractivity contribution in [3.63, 3.8) is 0 Å². The lowest BCUT2D eigenvalue weighted by molar-refractivity contribution is -0.132. The van der Waals surface area contributed by atoms with Gasteiger partial charge >= 0.3 is 0 Å². The maximum Gasteiger partial charge on any atom is 0.255 e. The van der Waals surface area contributed by atoms with Crippen molar-refractivity contribution in [2.75, 3.05) is 26.2 Å².